The Bertz CT molecular complexity index is 684. The largest absolute Gasteiger partial charge is 0.489 e. The Morgan fingerprint density at radius 1 is 1.14 bits per heavy atom. The number of hydrogen-bond acceptors (Lipinski definition) is 5. The van der Waals surface area contributed by atoms with Gasteiger partial charge in [-0.25, -0.2) is 4.79 Å². The fourth-order valence-electron chi connectivity index (χ4n) is 2.97. The van der Waals surface area contributed by atoms with Crippen LogP contribution in [-0.4, -0.2) is 54.6 Å². The third-order valence-electron chi connectivity index (χ3n) is 4.23. The first-order valence-corrected chi connectivity index (χ1v) is 9.65. The van der Waals surface area contributed by atoms with Crippen molar-refractivity contribution in [3.8, 4) is 5.75 Å². The molecular formula is C20H29N3O5. The van der Waals surface area contributed by atoms with Crippen LogP contribution in [0.3, 0.4) is 0 Å². The number of rotatable bonds is 7. The van der Waals surface area contributed by atoms with Crippen LogP contribution in [0.5, 0.6) is 5.75 Å². The van der Waals surface area contributed by atoms with Gasteiger partial charge >= 0.3 is 6.09 Å². The molecule has 1 aromatic carbocycles. The number of hydrogen-bond donors (Lipinski definition) is 2. The number of benzene rings is 1. The molecule has 1 aliphatic rings. The van der Waals surface area contributed by atoms with Crippen molar-refractivity contribution in [1.29, 1.82) is 0 Å². The number of amides is 3. The summed E-state index contributed by atoms with van der Waals surface area (Å²) in [5.74, 6) is -0.173. The van der Waals surface area contributed by atoms with E-state index in [4.69, 9.17) is 9.47 Å². The zero-order chi connectivity index (χ0) is 20.5. The summed E-state index contributed by atoms with van der Waals surface area (Å²) < 4.78 is 10.6. The van der Waals surface area contributed by atoms with Gasteiger partial charge in [0.15, 0.2) is 0 Å². The molecule has 0 aliphatic carbocycles. The fraction of sp³-hybridized carbons (Fsp3) is 0.550. The van der Waals surface area contributed by atoms with Gasteiger partial charge in [-0.1, -0.05) is 12.1 Å². The molecule has 0 spiro atoms. The average Bonchev–Trinajstić information content (AvgIpc) is 2.63. The number of anilines is 1. The van der Waals surface area contributed by atoms with Gasteiger partial charge < -0.3 is 25.0 Å². The first kappa shape index (κ1) is 21.5. The van der Waals surface area contributed by atoms with E-state index in [1.54, 1.807) is 30.0 Å². The van der Waals surface area contributed by atoms with Crippen molar-refractivity contribution >= 4 is 23.6 Å². The van der Waals surface area contributed by atoms with E-state index in [1.807, 2.05) is 19.9 Å². The highest BCUT2D eigenvalue weighted by atomic mass is 16.6. The van der Waals surface area contributed by atoms with Crippen LogP contribution in [-0.2, 0) is 14.3 Å². The van der Waals surface area contributed by atoms with Crippen molar-refractivity contribution < 1.29 is 23.9 Å². The van der Waals surface area contributed by atoms with Crippen LogP contribution >= 0.6 is 0 Å². The minimum Gasteiger partial charge on any atom is -0.489 e. The Morgan fingerprint density at radius 2 is 1.82 bits per heavy atom. The van der Waals surface area contributed by atoms with Gasteiger partial charge in [0, 0.05) is 19.1 Å². The number of nitrogens with one attached hydrogen (secondary N) is 2. The van der Waals surface area contributed by atoms with Crippen LogP contribution < -0.4 is 15.4 Å². The lowest BCUT2D eigenvalue weighted by Crippen LogP contribution is -2.47. The van der Waals surface area contributed by atoms with Gasteiger partial charge in [0.25, 0.3) is 0 Å². The molecule has 2 N–H and O–H groups in total. The van der Waals surface area contributed by atoms with Gasteiger partial charge in [-0.15, -0.1) is 0 Å². The highest BCUT2D eigenvalue weighted by Crippen LogP contribution is 2.25. The third kappa shape index (κ3) is 6.75. The summed E-state index contributed by atoms with van der Waals surface area (Å²) in [5, 5.41) is 5.59. The number of piperidine rings is 1. The molecule has 28 heavy (non-hydrogen) atoms. The molecule has 0 bridgehead atoms. The smallest absolute Gasteiger partial charge is 0.409 e. The zero-order valence-electron chi connectivity index (χ0n) is 16.7. The standard InChI is InChI=1S/C20H29N3O5/c1-4-27-20(26)23-11-9-15(10-12-23)21-18(24)13-19(25)22-16-7-5-6-8-17(16)28-14(2)3/h5-8,14-15H,4,9-13H2,1-3H3,(H,21,24)(H,22,25). The molecule has 8 nitrogen and oxygen atoms in total. The predicted octanol–water partition coefficient (Wildman–Crippen LogP) is 2.54. The number of ether oxygens (including phenoxy) is 2. The number of nitrogens with zero attached hydrogens (tertiary/aromatic N) is 1. The zero-order valence-corrected chi connectivity index (χ0v) is 16.7. The number of carbonyl (C=O) groups is 3. The topological polar surface area (TPSA) is 97.0 Å². The lowest BCUT2D eigenvalue weighted by Gasteiger charge is -2.31. The molecule has 2 rings (SSSR count). The van der Waals surface area contributed by atoms with Crippen LogP contribution in [0.2, 0.25) is 0 Å². The molecule has 0 saturated carbocycles. The first-order valence-electron chi connectivity index (χ1n) is 9.65. The molecule has 1 aliphatic heterocycles. The molecule has 0 unspecified atom stereocenters. The lowest BCUT2D eigenvalue weighted by atomic mass is 10.1. The Kier molecular flexibility index (Phi) is 8.10. The molecule has 0 radical (unpaired) electrons. The SMILES string of the molecule is CCOC(=O)N1CCC(NC(=O)CC(=O)Nc2ccccc2OC(C)C)CC1. The molecule has 8 heteroatoms. The van der Waals surface area contributed by atoms with Gasteiger partial charge in [0.2, 0.25) is 11.8 Å². The highest BCUT2D eigenvalue weighted by Gasteiger charge is 2.25. The normalized spacial score (nSPS) is 14.5. The summed E-state index contributed by atoms with van der Waals surface area (Å²) in [5.41, 5.74) is 0.539. The van der Waals surface area contributed by atoms with Crippen LogP contribution in [0.1, 0.15) is 40.0 Å². The Hall–Kier alpha value is -2.77. The van der Waals surface area contributed by atoms with Crippen molar-refractivity contribution in [2.45, 2.75) is 52.2 Å². The quantitative estimate of drug-likeness (QED) is 0.696. The average molecular weight is 391 g/mol. The van der Waals surface area contributed by atoms with E-state index in [0.717, 1.165) is 0 Å². The molecule has 0 aromatic heterocycles. The van der Waals surface area contributed by atoms with Gasteiger partial charge in [0.1, 0.15) is 12.2 Å². The Morgan fingerprint density at radius 3 is 2.46 bits per heavy atom. The van der Waals surface area contributed by atoms with Crippen molar-refractivity contribution in [2.24, 2.45) is 0 Å². The summed E-state index contributed by atoms with van der Waals surface area (Å²) in [6, 6.07) is 7.07. The molecule has 0 atom stereocenters. The molecule has 1 saturated heterocycles. The van der Waals surface area contributed by atoms with E-state index >= 15 is 0 Å². The molecule has 154 valence electrons. The summed E-state index contributed by atoms with van der Waals surface area (Å²) in [6.45, 7) is 6.96. The van der Waals surface area contributed by atoms with E-state index < -0.39 is 5.91 Å². The van der Waals surface area contributed by atoms with E-state index in [0.29, 0.717) is 44.0 Å². The summed E-state index contributed by atoms with van der Waals surface area (Å²) in [7, 11) is 0. The van der Waals surface area contributed by atoms with Crippen LogP contribution in [0, 0.1) is 0 Å². The third-order valence-corrected chi connectivity index (χ3v) is 4.23. The molecule has 1 heterocycles. The van der Waals surface area contributed by atoms with Gasteiger partial charge in [-0.05, 0) is 45.7 Å². The van der Waals surface area contributed by atoms with E-state index in [2.05, 4.69) is 10.6 Å². The maximum atomic E-state index is 12.2. The molecule has 1 aromatic rings. The second-order valence-electron chi connectivity index (χ2n) is 6.92. The number of carbonyl (C=O) groups excluding carboxylic acids is 3. The van der Waals surface area contributed by atoms with Crippen molar-refractivity contribution in [1.82, 2.24) is 10.2 Å². The number of likely N-dealkylation sites (tertiary alicyclic amines) is 1. The van der Waals surface area contributed by atoms with Gasteiger partial charge in [-0.2, -0.15) is 0 Å². The van der Waals surface area contributed by atoms with Gasteiger partial charge in [-0.3, -0.25) is 9.59 Å². The van der Waals surface area contributed by atoms with E-state index in [-0.39, 0.29) is 30.6 Å². The maximum Gasteiger partial charge on any atom is 0.409 e. The Labute approximate surface area is 165 Å². The lowest BCUT2D eigenvalue weighted by molar-refractivity contribution is -0.127. The summed E-state index contributed by atoms with van der Waals surface area (Å²) in [6.07, 6.45) is 0.651. The minimum absolute atomic E-state index is 0.0261. The summed E-state index contributed by atoms with van der Waals surface area (Å²) in [4.78, 5) is 37.7. The summed E-state index contributed by atoms with van der Waals surface area (Å²) >= 11 is 0. The second kappa shape index (κ2) is 10.5. The molecule has 3 amide bonds. The fourth-order valence-corrected chi connectivity index (χ4v) is 2.97. The first-order chi connectivity index (χ1) is 13.4. The van der Waals surface area contributed by atoms with E-state index in [1.165, 1.54) is 0 Å². The van der Waals surface area contributed by atoms with E-state index in [9.17, 15) is 14.4 Å². The highest BCUT2D eigenvalue weighted by molar-refractivity contribution is 6.04. The second-order valence-corrected chi connectivity index (χ2v) is 6.92. The number of para-hydroxylation sites is 2. The minimum atomic E-state index is -0.402. The van der Waals surface area contributed by atoms with Crippen molar-refractivity contribution in [3.05, 3.63) is 24.3 Å². The molecular weight excluding hydrogens is 362 g/mol. The van der Waals surface area contributed by atoms with Crippen molar-refractivity contribution in [2.75, 3.05) is 25.0 Å². The van der Waals surface area contributed by atoms with Gasteiger partial charge in [0.05, 0.1) is 18.4 Å². The molecule has 1 fully saturated rings. The van der Waals surface area contributed by atoms with Crippen LogP contribution in [0.4, 0.5) is 10.5 Å². The predicted molar refractivity (Wildman–Crippen MR) is 105 cm³/mol. The Balaban J connectivity index is 1.78. The monoisotopic (exact) mass is 391 g/mol. The maximum absolute atomic E-state index is 12.2. The van der Waals surface area contributed by atoms with Crippen molar-refractivity contribution in [3.63, 3.8) is 0 Å². The van der Waals surface area contributed by atoms with Crippen LogP contribution in [0.25, 0.3) is 0 Å². The van der Waals surface area contributed by atoms with Crippen LogP contribution in [0.15, 0.2) is 24.3 Å².